The third-order valence-electron chi connectivity index (χ3n) is 2.71. The van der Waals surface area contributed by atoms with Crippen LogP contribution in [0.1, 0.15) is 22.2 Å². The lowest BCUT2D eigenvalue weighted by molar-refractivity contribution is 0.0529. The minimum atomic E-state index is -0.519. The number of anilines is 2. The first kappa shape index (κ1) is 14.9. The van der Waals surface area contributed by atoms with Crippen molar-refractivity contribution < 1.29 is 9.53 Å². The van der Waals surface area contributed by atoms with Crippen LogP contribution in [-0.4, -0.2) is 28.9 Å². The molecule has 2 heterocycles. The highest BCUT2D eigenvalue weighted by Crippen LogP contribution is 2.35. The van der Waals surface area contributed by atoms with Crippen molar-refractivity contribution in [2.45, 2.75) is 13.5 Å². The number of ether oxygens (including phenoxy) is 1. The molecule has 0 aliphatic rings. The van der Waals surface area contributed by atoms with Crippen molar-refractivity contribution in [3.63, 3.8) is 0 Å². The maximum Gasteiger partial charge on any atom is 0.343 e. The van der Waals surface area contributed by atoms with E-state index in [1.54, 1.807) is 17.8 Å². The van der Waals surface area contributed by atoms with E-state index in [0.717, 1.165) is 11.3 Å². The lowest BCUT2D eigenvalue weighted by Gasteiger charge is -2.07. The number of esters is 1. The van der Waals surface area contributed by atoms with Crippen molar-refractivity contribution in [3.05, 3.63) is 28.9 Å². The minimum absolute atomic E-state index is 0.169. The molecule has 2 rings (SSSR count). The summed E-state index contributed by atoms with van der Waals surface area (Å²) in [5.41, 5.74) is 6.25. The SMILES string of the molecule is CCOC(=O)c1c(NCCn2cccn2)sc(C#N)c1N. The molecule has 0 saturated heterocycles. The quantitative estimate of drug-likeness (QED) is 0.787. The Balaban J connectivity index is 2.13. The fourth-order valence-corrected chi connectivity index (χ4v) is 2.71. The average Bonchev–Trinajstić information content (AvgIpc) is 3.07. The van der Waals surface area contributed by atoms with Gasteiger partial charge in [-0.2, -0.15) is 10.4 Å². The van der Waals surface area contributed by atoms with Crippen LogP contribution in [0.2, 0.25) is 0 Å². The predicted octanol–water partition coefficient (Wildman–Crippen LogP) is 1.69. The molecule has 0 saturated carbocycles. The molecule has 0 aliphatic carbocycles. The highest BCUT2D eigenvalue weighted by atomic mass is 32.1. The third kappa shape index (κ3) is 3.32. The average molecular weight is 305 g/mol. The number of nitrogen functional groups attached to an aromatic ring is 1. The summed E-state index contributed by atoms with van der Waals surface area (Å²) >= 11 is 1.15. The Morgan fingerprint density at radius 2 is 2.48 bits per heavy atom. The second-order valence-electron chi connectivity index (χ2n) is 4.08. The van der Waals surface area contributed by atoms with Crippen LogP contribution in [0.3, 0.4) is 0 Å². The number of carbonyl (C=O) groups is 1. The van der Waals surface area contributed by atoms with Gasteiger partial charge in [-0.1, -0.05) is 0 Å². The molecule has 0 aromatic carbocycles. The van der Waals surface area contributed by atoms with Gasteiger partial charge in [0.05, 0.1) is 18.8 Å². The van der Waals surface area contributed by atoms with Gasteiger partial charge in [0.15, 0.2) is 0 Å². The van der Waals surface area contributed by atoms with Crippen molar-refractivity contribution in [1.82, 2.24) is 9.78 Å². The van der Waals surface area contributed by atoms with Crippen LogP contribution in [0.25, 0.3) is 0 Å². The van der Waals surface area contributed by atoms with Crippen LogP contribution >= 0.6 is 11.3 Å². The minimum Gasteiger partial charge on any atom is -0.462 e. The molecule has 0 unspecified atom stereocenters. The molecule has 21 heavy (non-hydrogen) atoms. The summed E-state index contributed by atoms with van der Waals surface area (Å²) in [6, 6.07) is 3.82. The van der Waals surface area contributed by atoms with Gasteiger partial charge in [-0.05, 0) is 13.0 Å². The van der Waals surface area contributed by atoms with Gasteiger partial charge in [-0.3, -0.25) is 4.68 Å². The zero-order valence-corrected chi connectivity index (χ0v) is 12.3. The molecule has 7 nitrogen and oxygen atoms in total. The summed E-state index contributed by atoms with van der Waals surface area (Å²) in [4.78, 5) is 12.3. The van der Waals surface area contributed by atoms with Crippen molar-refractivity contribution in [1.29, 1.82) is 5.26 Å². The number of thiophene rings is 1. The van der Waals surface area contributed by atoms with Gasteiger partial charge < -0.3 is 15.8 Å². The molecule has 2 aromatic rings. The predicted molar refractivity (Wildman–Crippen MR) is 80.1 cm³/mol. The molecule has 0 bridgehead atoms. The Hall–Kier alpha value is -2.53. The van der Waals surface area contributed by atoms with Crippen LogP contribution in [0.4, 0.5) is 10.7 Å². The largest absolute Gasteiger partial charge is 0.462 e. The van der Waals surface area contributed by atoms with Crippen molar-refractivity contribution >= 4 is 28.0 Å². The zero-order chi connectivity index (χ0) is 15.2. The number of nitrogens with zero attached hydrogens (tertiary/aromatic N) is 3. The zero-order valence-electron chi connectivity index (χ0n) is 11.5. The van der Waals surface area contributed by atoms with E-state index in [-0.39, 0.29) is 17.9 Å². The molecule has 0 spiro atoms. The molecular weight excluding hydrogens is 290 g/mol. The standard InChI is InChI=1S/C13H15N5O2S/c1-2-20-13(19)10-11(15)9(8-14)21-12(10)16-5-7-18-6-3-4-17-18/h3-4,6,16H,2,5,7,15H2,1H3. The summed E-state index contributed by atoms with van der Waals surface area (Å²) in [5, 5.41) is 16.8. The fraction of sp³-hybridized carbons (Fsp3) is 0.308. The monoisotopic (exact) mass is 305 g/mol. The summed E-state index contributed by atoms with van der Waals surface area (Å²) in [5.74, 6) is -0.519. The van der Waals surface area contributed by atoms with E-state index in [2.05, 4.69) is 10.4 Å². The van der Waals surface area contributed by atoms with E-state index in [1.807, 2.05) is 18.3 Å². The number of nitrogens with two attached hydrogens (primary N) is 1. The Bertz CT molecular complexity index is 657. The van der Waals surface area contributed by atoms with Gasteiger partial charge in [-0.25, -0.2) is 4.79 Å². The summed E-state index contributed by atoms with van der Waals surface area (Å²) in [7, 11) is 0. The second-order valence-corrected chi connectivity index (χ2v) is 5.10. The number of hydrogen-bond donors (Lipinski definition) is 2. The molecule has 2 aromatic heterocycles. The molecular formula is C13H15N5O2S. The van der Waals surface area contributed by atoms with Crippen LogP contribution < -0.4 is 11.1 Å². The van der Waals surface area contributed by atoms with Gasteiger partial charge in [-0.15, -0.1) is 11.3 Å². The summed E-state index contributed by atoms with van der Waals surface area (Å²) in [6.45, 7) is 3.16. The highest BCUT2D eigenvalue weighted by Gasteiger charge is 2.23. The lowest BCUT2D eigenvalue weighted by atomic mass is 10.2. The van der Waals surface area contributed by atoms with Crippen molar-refractivity contribution in [3.8, 4) is 6.07 Å². The van der Waals surface area contributed by atoms with E-state index in [9.17, 15) is 4.79 Å². The molecule has 110 valence electrons. The number of nitrogens with one attached hydrogen (secondary N) is 1. The van der Waals surface area contributed by atoms with Crippen LogP contribution in [0.5, 0.6) is 0 Å². The van der Waals surface area contributed by atoms with E-state index in [0.29, 0.717) is 23.0 Å². The Kier molecular flexibility index (Phi) is 4.79. The molecule has 0 aliphatic heterocycles. The fourth-order valence-electron chi connectivity index (χ4n) is 1.77. The normalized spacial score (nSPS) is 10.1. The van der Waals surface area contributed by atoms with Crippen LogP contribution in [-0.2, 0) is 11.3 Å². The number of aromatic nitrogens is 2. The van der Waals surface area contributed by atoms with Gasteiger partial charge in [0.2, 0.25) is 0 Å². The van der Waals surface area contributed by atoms with Crippen molar-refractivity contribution in [2.75, 3.05) is 24.2 Å². The number of nitriles is 1. The Morgan fingerprint density at radius 1 is 1.67 bits per heavy atom. The summed E-state index contributed by atoms with van der Waals surface area (Å²) < 4.78 is 6.74. The Morgan fingerprint density at radius 3 is 3.10 bits per heavy atom. The van der Waals surface area contributed by atoms with E-state index >= 15 is 0 Å². The molecule has 0 fully saturated rings. The van der Waals surface area contributed by atoms with E-state index in [1.165, 1.54) is 0 Å². The molecule has 0 amide bonds. The van der Waals surface area contributed by atoms with Gasteiger partial charge in [0.25, 0.3) is 0 Å². The maximum absolute atomic E-state index is 11.9. The molecule has 0 radical (unpaired) electrons. The van der Waals surface area contributed by atoms with Crippen molar-refractivity contribution in [2.24, 2.45) is 0 Å². The number of carbonyl (C=O) groups excluding carboxylic acids is 1. The molecule has 0 atom stereocenters. The van der Waals surface area contributed by atoms with Gasteiger partial charge in [0, 0.05) is 18.9 Å². The smallest absolute Gasteiger partial charge is 0.343 e. The first-order valence-corrected chi connectivity index (χ1v) is 7.19. The van der Waals surface area contributed by atoms with Crippen LogP contribution in [0.15, 0.2) is 18.5 Å². The number of hydrogen-bond acceptors (Lipinski definition) is 7. The second kappa shape index (κ2) is 6.76. The molecule has 3 N–H and O–H groups in total. The molecule has 8 heteroatoms. The van der Waals surface area contributed by atoms with E-state index < -0.39 is 5.97 Å². The third-order valence-corrected chi connectivity index (χ3v) is 3.78. The van der Waals surface area contributed by atoms with Gasteiger partial charge >= 0.3 is 5.97 Å². The topological polar surface area (TPSA) is 106 Å². The van der Waals surface area contributed by atoms with E-state index in [4.69, 9.17) is 15.7 Å². The van der Waals surface area contributed by atoms with Crippen LogP contribution in [0, 0.1) is 11.3 Å². The van der Waals surface area contributed by atoms with Gasteiger partial charge in [0.1, 0.15) is 21.5 Å². The first-order chi connectivity index (χ1) is 10.2. The first-order valence-electron chi connectivity index (χ1n) is 6.38. The summed E-state index contributed by atoms with van der Waals surface area (Å²) in [6.07, 6.45) is 3.54. The lowest BCUT2D eigenvalue weighted by Crippen LogP contribution is -2.13. The number of rotatable bonds is 6. The maximum atomic E-state index is 11.9. The Labute approximate surface area is 125 Å². The highest BCUT2D eigenvalue weighted by molar-refractivity contribution is 7.17.